The Kier molecular flexibility index (Phi) is 6.05. The van der Waals surface area contributed by atoms with Crippen LogP contribution in [0.2, 0.25) is 0 Å². The molecule has 0 aliphatic carbocycles. The van der Waals surface area contributed by atoms with Gasteiger partial charge in [0.05, 0.1) is 13.0 Å². The molecule has 110 valence electrons. The molecule has 1 aromatic carbocycles. The van der Waals surface area contributed by atoms with Gasteiger partial charge in [-0.3, -0.25) is 9.69 Å². The number of piperidine rings is 1. The maximum absolute atomic E-state index is 11.9. The van der Waals surface area contributed by atoms with Crippen molar-refractivity contribution in [1.29, 1.82) is 0 Å². The molecule has 1 aromatic rings. The molecule has 0 N–H and O–H groups in total. The fourth-order valence-corrected chi connectivity index (χ4v) is 3.01. The summed E-state index contributed by atoms with van der Waals surface area (Å²) in [6, 6.07) is 8.42. The topological polar surface area (TPSA) is 29.5 Å². The minimum Gasteiger partial charge on any atom is -0.466 e. The lowest BCUT2D eigenvalue weighted by molar-refractivity contribution is -0.144. The number of hydrogen-bond acceptors (Lipinski definition) is 3. The van der Waals surface area contributed by atoms with Crippen LogP contribution in [0.3, 0.4) is 0 Å². The highest BCUT2D eigenvalue weighted by Gasteiger charge is 2.25. The number of rotatable bonds is 5. The molecule has 0 saturated carbocycles. The third kappa shape index (κ3) is 4.32. The minimum absolute atomic E-state index is 0.106. The van der Waals surface area contributed by atoms with E-state index < -0.39 is 0 Å². The highest BCUT2D eigenvalue weighted by molar-refractivity contribution is 9.10. The summed E-state index contributed by atoms with van der Waals surface area (Å²) in [5, 5.41) is 0. The molecular weight excluding hydrogens is 318 g/mol. The van der Waals surface area contributed by atoms with Gasteiger partial charge in [0.15, 0.2) is 0 Å². The molecule has 0 bridgehead atoms. The Hall–Kier alpha value is -0.870. The molecule has 1 heterocycles. The fraction of sp³-hybridized carbons (Fsp3) is 0.562. The zero-order valence-electron chi connectivity index (χ0n) is 12.0. The molecule has 0 spiro atoms. The van der Waals surface area contributed by atoms with Gasteiger partial charge < -0.3 is 4.74 Å². The molecule has 2 rings (SSSR count). The van der Waals surface area contributed by atoms with Crippen LogP contribution < -0.4 is 0 Å². The van der Waals surface area contributed by atoms with Crippen LogP contribution in [0.1, 0.15) is 44.2 Å². The van der Waals surface area contributed by atoms with Gasteiger partial charge >= 0.3 is 5.97 Å². The maximum atomic E-state index is 11.9. The summed E-state index contributed by atoms with van der Waals surface area (Å²) in [7, 11) is 0. The monoisotopic (exact) mass is 339 g/mol. The van der Waals surface area contributed by atoms with E-state index >= 15 is 0 Å². The molecule has 1 fully saturated rings. The lowest BCUT2D eigenvalue weighted by Gasteiger charge is -2.34. The van der Waals surface area contributed by atoms with Gasteiger partial charge in [0.1, 0.15) is 0 Å². The summed E-state index contributed by atoms with van der Waals surface area (Å²) in [5.41, 5.74) is 1.20. The second kappa shape index (κ2) is 7.79. The first-order valence-electron chi connectivity index (χ1n) is 7.36. The number of nitrogens with zero attached hydrogens (tertiary/aromatic N) is 1. The van der Waals surface area contributed by atoms with E-state index in [9.17, 15) is 4.79 Å². The van der Waals surface area contributed by atoms with Crippen molar-refractivity contribution in [3.63, 3.8) is 0 Å². The quantitative estimate of drug-likeness (QED) is 0.761. The number of halogens is 1. The van der Waals surface area contributed by atoms with Crippen molar-refractivity contribution >= 4 is 21.9 Å². The van der Waals surface area contributed by atoms with Gasteiger partial charge in [0.2, 0.25) is 0 Å². The van der Waals surface area contributed by atoms with Gasteiger partial charge in [0.25, 0.3) is 0 Å². The Morgan fingerprint density at radius 1 is 1.25 bits per heavy atom. The molecule has 0 radical (unpaired) electrons. The van der Waals surface area contributed by atoms with Crippen molar-refractivity contribution in [2.45, 2.75) is 38.6 Å². The Labute approximate surface area is 129 Å². The van der Waals surface area contributed by atoms with E-state index in [4.69, 9.17) is 4.74 Å². The fourth-order valence-electron chi connectivity index (χ4n) is 2.75. The molecular formula is C16H22BrNO2. The number of esters is 1. The van der Waals surface area contributed by atoms with Crippen molar-refractivity contribution in [3.05, 3.63) is 34.3 Å². The van der Waals surface area contributed by atoms with Gasteiger partial charge in [-0.25, -0.2) is 0 Å². The first-order chi connectivity index (χ1) is 9.70. The van der Waals surface area contributed by atoms with Crippen molar-refractivity contribution in [2.24, 2.45) is 0 Å². The normalized spacial score (nSPS) is 17.7. The van der Waals surface area contributed by atoms with Gasteiger partial charge in [-0.1, -0.05) is 34.5 Å². The third-order valence-electron chi connectivity index (χ3n) is 3.75. The molecule has 1 unspecified atom stereocenters. The number of hydrogen-bond donors (Lipinski definition) is 0. The van der Waals surface area contributed by atoms with Crippen LogP contribution in [0.4, 0.5) is 0 Å². The van der Waals surface area contributed by atoms with Gasteiger partial charge in [-0.05, 0) is 50.6 Å². The molecule has 1 aliphatic rings. The van der Waals surface area contributed by atoms with Crippen LogP contribution in [0, 0.1) is 0 Å². The molecule has 0 aromatic heterocycles. The Morgan fingerprint density at radius 2 is 1.90 bits per heavy atom. The van der Waals surface area contributed by atoms with E-state index in [1.54, 1.807) is 0 Å². The molecule has 1 saturated heterocycles. The van der Waals surface area contributed by atoms with E-state index in [2.05, 4.69) is 33.0 Å². The van der Waals surface area contributed by atoms with Crippen LogP contribution in [-0.4, -0.2) is 30.6 Å². The van der Waals surface area contributed by atoms with Crippen LogP contribution in [0.25, 0.3) is 0 Å². The van der Waals surface area contributed by atoms with Crippen molar-refractivity contribution in [3.8, 4) is 0 Å². The predicted octanol–water partition coefficient (Wildman–Crippen LogP) is 3.93. The smallest absolute Gasteiger partial charge is 0.307 e. The molecule has 20 heavy (non-hydrogen) atoms. The minimum atomic E-state index is -0.106. The largest absolute Gasteiger partial charge is 0.466 e. The van der Waals surface area contributed by atoms with Crippen molar-refractivity contribution < 1.29 is 9.53 Å². The van der Waals surface area contributed by atoms with Crippen molar-refractivity contribution in [2.75, 3.05) is 19.7 Å². The summed E-state index contributed by atoms with van der Waals surface area (Å²) in [6.45, 7) is 4.44. The first kappa shape index (κ1) is 15.5. The van der Waals surface area contributed by atoms with Crippen molar-refractivity contribution in [1.82, 2.24) is 4.90 Å². The van der Waals surface area contributed by atoms with E-state index in [1.165, 1.54) is 24.8 Å². The standard InChI is InChI=1S/C16H22BrNO2/c1-2-20-16(19)12-15(18-10-4-3-5-11-18)13-6-8-14(17)9-7-13/h6-9,15H,2-5,10-12H2,1H3. The highest BCUT2D eigenvalue weighted by atomic mass is 79.9. The zero-order chi connectivity index (χ0) is 14.4. The third-order valence-corrected chi connectivity index (χ3v) is 4.28. The molecule has 1 aliphatic heterocycles. The van der Waals surface area contributed by atoms with Crippen LogP contribution in [-0.2, 0) is 9.53 Å². The summed E-state index contributed by atoms with van der Waals surface area (Å²) < 4.78 is 6.20. The number of carbonyl (C=O) groups excluding carboxylic acids is 1. The van der Waals surface area contributed by atoms with E-state index in [-0.39, 0.29) is 12.0 Å². The Morgan fingerprint density at radius 3 is 2.50 bits per heavy atom. The zero-order valence-corrected chi connectivity index (χ0v) is 13.6. The predicted molar refractivity (Wildman–Crippen MR) is 83.6 cm³/mol. The average Bonchev–Trinajstić information content (AvgIpc) is 2.47. The van der Waals surface area contributed by atoms with Crippen LogP contribution in [0.5, 0.6) is 0 Å². The molecule has 3 nitrogen and oxygen atoms in total. The molecule has 1 atom stereocenters. The van der Waals surface area contributed by atoms with E-state index in [1.807, 2.05) is 19.1 Å². The number of benzene rings is 1. The summed E-state index contributed by atoms with van der Waals surface area (Å²) >= 11 is 3.46. The Balaban J connectivity index is 2.13. The number of likely N-dealkylation sites (tertiary alicyclic amines) is 1. The lowest BCUT2D eigenvalue weighted by atomic mass is 9.99. The number of carbonyl (C=O) groups is 1. The van der Waals surface area contributed by atoms with Gasteiger partial charge in [-0.2, -0.15) is 0 Å². The van der Waals surface area contributed by atoms with Gasteiger partial charge in [0, 0.05) is 10.5 Å². The molecule has 4 heteroatoms. The maximum Gasteiger partial charge on any atom is 0.307 e. The summed E-state index contributed by atoms with van der Waals surface area (Å²) in [4.78, 5) is 14.3. The lowest BCUT2D eigenvalue weighted by Crippen LogP contribution is -2.35. The van der Waals surface area contributed by atoms with E-state index in [0.717, 1.165) is 17.6 Å². The second-order valence-corrected chi connectivity index (χ2v) is 6.09. The average molecular weight is 340 g/mol. The number of ether oxygens (including phenoxy) is 1. The van der Waals surface area contributed by atoms with Gasteiger partial charge in [-0.15, -0.1) is 0 Å². The summed E-state index contributed by atoms with van der Waals surface area (Å²) in [5.74, 6) is -0.106. The first-order valence-corrected chi connectivity index (χ1v) is 8.15. The Bertz CT molecular complexity index is 427. The highest BCUT2D eigenvalue weighted by Crippen LogP contribution is 2.28. The summed E-state index contributed by atoms with van der Waals surface area (Å²) in [6.07, 6.45) is 4.17. The SMILES string of the molecule is CCOC(=O)CC(c1ccc(Br)cc1)N1CCCCC1. The van der Waals surface area contributed by atoms with Crippen LogP contribution >= 0.6 is 15.9 Å². The van der Waals surface area contributed by atoms with Crippen LogP contribution in [0.15, 0.2) is 28.7 Å². The molecule has 0 amide bonds. The second-order valence-electron chi connectivity index (χ2n) is 5.17. The van der Waals surface area contributed by atoms with E-state index in [0.29, 0.717) is 13.0 Å².